The van der Waals surface area contributed by atoms with Gasteiger partial charge in [-0.25, -0.2) is 0 Å². The molecule has 0 heteroatoms. The summed E-state index contributed by atoms with van der Waals surface area (Å²) in [5, 5.41) is 5.82. The molecule has 6 rings (SSSR count). The van der Waals surface area contributed by atoms with Crippen molar-refractivity contribution in [2.24, 2.45) is 11.8 Å². The van der Waals surface area contributed by atoms with E-state index in [-0.39, 0.29) is 0 Å². The van der Waals surface area contributed by atoms with Crippen LogP contribution in [0.2, 0.25) is 0 Å². The van der Waals surface area contributed by atoms with Crippen molar-refractivity contribution in [1.29, 1.82) is 0 Å². The first kappa shape index (κ1) is 44.7. The monoisotopic (exact) mass is 781 g/mol. The molecule has 4 aromatic carbocycles. The van der Waals surface area contributed by atoms with Gasteiger partial charge in [-0.1, -0.05) is 266 Å². The molecular weight excluding hydrogens is 697 g/mol. The number of unbranched alkanes of at least 4 members (excludes halogenated alkanes) is 26. The fraction of sp³-hybridized carbons (Fsp3) is 0.621. The minimum absolute atomic E-state index is 0.636. The minimum Gasteiger partial charge on any atom is -0.0654 e. The average Bonchev–Trinajstić information content (AvgIpc) is 3.81. The van der Waals surface area contributed by atoms with E-state index < -0.39 is 0 Å². The van der Waals surface area contributed by atoms with Gasteiger partial charge in [-0.2, -0.15) is 0 Å². The van der Waals surface area contributed by atoms with Gasteiger partial charge in [-0.3, -0.25) is 0 Å². The lowest BCUT2D eigenvalue weighted by atomic mass is 9.81. The van der Waals surface area contributed by atoms with Crippen LogP contribution in [0.15, 0.2) is 72.8 Å². The van der Waals surface area contributed by atoms with Gasteiger partial charge in [0.15, 0.2) is 0 Å². The summed E-state index contributed by atoms with van der Waals surface area (Å²) in [6.45, 7) is 4.64. The normalized spacial score (nSPS) is 17.5. The molecule has 0 aliphatic heterocycles. The average molecular weight is 781 g/mol. The highest BCUT2D eigenvalue weighted by Gasteiger charge is 2.37. The van der Waals surface area contributed by atoms with E-state index in [0.717, 1.165) is 0 Å². The van der Waals surface area contributed by atoms with Crippen molar-refractivity contribution in [3.63, 3.8) is 0 Å². The molecule has 58 heavy (non-hydrogen) atoms. The zero-order chi connectivity index (χ0) is 40.0. The van der Waals surface area contributed by atoms with E-state index in [1.165, 1.54) is 227 Å². The van der Waals surface area contributed by atoms with E-state index in [1.54, 1.807) is 33.4 Å². The Morgan fingerprint density at radius 1 is 0.328 bits per heavy atom. The molecule has 0 amide bonds. The first-order chi connectivity index (χ1) is 28.8. The molecule has 0 saturated heterocycles. The van der Waals surface area contributed by atoms with Crippen LogP contribution in [-0.4, -0.2) is 0 Å². The van der Waals surface area contributed by atoms with Crippen molar-refractivity contribution in [1.82, 2.24) is 0 Å². The standard InChI is InChI=1S/C58H84/c1-3-5-7-9-11-13-15-17-19-21-23-25-27-29-37-49-45-51-43-41-47-35-31-33-39-53(47)55(51)57(49)58-50(46-52-44-42-48-36-32-34-40-54(48)56(52)58)38-30-28-26-24-22-20-18-16-14-12-10-8-6-4-2/h31-36,39-44,49-50H,3-30,37-38,45-46H2,1-2H3/b58-57+/t49-,50-/m1/s1. The van der Waals surface area contributed by atoms with E-state index in [4.69, 9.17) is 0 Å². The first-order valence-electron chi connectivity index (χ1n) is 25.6. The summed E-state index contributed by atoms with van der Waals surface area (Å²) >= 11 is 0. The number of hydrogen-bond acceptors (Lipinski definition) is 0. The van der Waals surface area contributed by atoms with E-state index in [2.05, 4.69) is 86.6 Å². The van der Waals surface area contributed by atoms with Gasteiger partial charge in [0.1, 0.15) is 0 Å². The molecule has 0 spiro atoms. The van der Waals surface area contributed by atoms with Gasteiger partial charge in [0, 0.05) is 0 Å². The van der Waals surface area contributed by atoms with Crippen LogP contribution in [-0.2, 0) is 12.8 Å². The lowest BCUT2D eigenvalue weighted by Gasteiger charge is -2.23. The van der Waals surface area contributed by atoms with Gasteiger partial charge in [-0.05, 0) is 92.5 Å². The predicted molar refractivity (Wildman–Crippen MR) is 259 cm³/mol. The summed E-state index contributed by atoms with van der Waals surface area (Å²) in [4.78, 5) is 0. The Bertz CT molecular complexity index is 1660. The maximum Gasteiger partial charge on any atom is -0.0106 e. The molecule has 2 aliphatic carbocycles. The van der Waals surface area contributed by atoms with E-state index in [1.807, 2.05) is 0 Å². The van der Waals surface area contributed by atoms with Crippen molar-refractivity contribution in [3.05, 3.63) is 95.1 Å². The third-order valence-corrected chi connectivity index (χ3v) is 14.4. The molecular formula is C58H84. The predicted octanol–water partition coefficient (Wildman–Crippen LogP) is 19.0. The van der Waals surface area contributed by atoms with Gasteiger partial charge in [-0.15, -0.1) is 0 Å². The fourth-order valence-corrected chi connectivity index (χ4v) is 11.1. The number of fused-ring (bicyclic) bond motifs is 6. The van der Waals surface area contributed by atoms with Crippen LogP contribution in [0.4, 0.5) is 0 Å². The quantitative estimate of drug-likeness (QED) is 0.0462. The molecule has 316 valence electrons. The summed E-state index contributed by atoms with van der Waals surface area (Å²) in [5.41, 5.74) is 9.98. The Balaban J connectivity index is 1.09. The molecule has 0 bridgehead atoms. The zero-order valence-electron chi connectivity index (χ0n) is 37.7. The van der Waals surface area contributed by atoms with Crippen LogP contribution in [0, 0.1) is 11.8 Å². The van der Waals surface area contributed by atoms with E-state index in [9.17, 15) is 0 Å². The minimum atomic E-state index is 0.636. The number of hydrogen-bond donors (Lipinski definition) is 0. The van der Waals surface area contributed by atoms with Gasteiger partial charge in [0.05, 0.1) is 0 Å². The Kier molecular flexibility index (Phi) is 19.8. The molecule has 0 fully saturated rings. The third kappa shape index (κ3) is 13.1. The van der Waals surface area contributed by atoms with Crippen LogP contribution in [0.3, 0.4) is 0 Å². The Hall–Kier alpha value is -2.86. The van der Waals surface area contributed by atoms with Gasteiger partial charge >= 0.3 is 0 Å². The van der Waals surface area contributed by atoms with Crippen molar-refractivity contribution in [2.75, 3.05) is 0 Å². The molecule has 0 aromatic heterocycles. The molecule has 2 aliphatic rings. The van der Waals surface area contributed by atoms with Crippen LogP contribution in [0.25, 0.3) is 32.7 Å². The highest BCUT2D eigenvalue weighted by molar-refractivity contribution is 6.10. The van der Waals surface area contributed by atoms with E-state index >= 15 is 0 Å². The number of benzene rings is 4. The highest BCUT2D eigenvalue weighted by Crippen LogP contribution is 2.54. The first-order valence-corrected chi connectivity index (χ1v) is 25.6. The Labute approximate surface area is 357 Å². The van der Waals surface area contributed by atoms with Crippen LogP contribution in [0.5, 0.6) is 0 Å². The van der Waals surface area contributed by atoms with Gasteiger partial charge < -0.3 is 0 Å². The number of rotatable bonds is 30. The summed E-state index contributed by atoms with van der Waals surface area (Å²) in [6.07, 6.45) is 45.2. The molecule has 2 atom stereocenters. The Morgan fingerprint density at radius 3 is 0.948 bits per heavy atom. The zero-order valence-corrected chi connectivity index (χ0v) is 37.7. The molecule has 0 radical (unpaired) electrons. The molecule has 0 heterocycles. The lowest BCUT2D eigenvalue weighted by Crippen LogP contribution is -2.07. The summed E-state index contributed by atoms with van der Waals surface area (Å²) < 4.78 is 0. The van der Waals surface area contributed by atoms with Crippen LogP contribution < -0.4 is 0 Å². The second-order valence-corrected chi connectivity index (χ2v) is 19.0. The van der Waals surface area contributed by atoms with Crippen molar-refractivity contribution < 1.29 is 0 Å². The summed E-state index contributed by atoms with van der Waals surface area (Å²) in [5.74, 6) is 1.27. The molecule has 0 saturated carbocycles. The SMILES string of the molecule is CCCCCCCCCCCCCCCC[C@@H]1Cc2ccc3ccccc3c2/C1=C1/c2c(ccc3ccccc23)C[C@H]1CCCCCCCCCCCCCCCC. The third-order valence-electron chi connectivity index (χ3n) is 14.4. The smallest absolute Gasteiger partial charge is 0.0106 e. The van der Waals surface area contributed by atoms with Gasteiger partial charge in [0.25, 0.3) is 0 Å². The largest absolute Gasteiger partial charge is 0.0654 e. The second-order valence-electron chi connectivity index (χ2n) is 19.0. The molecule has 0 nitrogen and oxygen atoms in total. The fourth-order valence-electron chi connectivity index (χ4n) is 11.1. The summed E-state index contributed by atoms with van der Waals surface area (Å²) in [7, 11) is 0. The molecule has 0 N–H and O–H groups in total. The topological polar surface area (TPSA) is 0 Å². The van der Waals surface area contributed by atoms with Crippen molar-refractivity contribution in [3.8, 4) is 0 Å². The van der Waals surface area contributed by atoms with E-state index in [0.29, 0.717) is 11.8 Å². The van der Waals surface area contributed by atoms with Crippen molar-refractivity contribution >= 4 is 32.7 Å². The van der Waals surface area contributed by atoms with Gasteiger partial charge in [0.2, 0.25) is 0 Å². The number of allylic oxidation sites excluding steroid dienone is 2. The summed E-state index contributed by atoms with van der Waals surface area (Å²) in [6, 6.07) is 28.5. The molecule has 4 aromatic rings. The Morgan fingerprint density at radius 2 is 0.621 bits per heavy atom. The second kappa shape index (κ2) is 25.7. The maximum atomic E-state index is 2.50. The lowest BCUT2D eigenvalue weighted by molar-refractivity contribution is 0.509. The highest BCUT2D eigenvalue weighted by atomic mass is 14.4. The molecule has 0 unspecified atom stereocenters. The maximum absolute atomic E-state index is 2.50. The van der Waals surface area contributed by atoms with Crippen LogP contribution in [0.1, 0.15) is 229 Å². The van der Waals surface area contributed by atoms with Crippen LogP contribution >= 0.6 is 0 Å². The van der Waals surface area contributed by atoms with Crippen molar-refractivity contribution in [2.45, 2.75) is 219 Å².